The molecule has 1 aromatic rings. The summed E-state index contributed by atoms with van der Waals surface area (Å²) in [6.45, 7) is 6.82. The lowest BCUT2D eigenvalue weighted by molar-refractivity contribution is 0.0955. The zero-order valence-corrected chi connectivity index (χ0v) is 15.8. The summed E-state index contributed by atoms with van der Waals surface area (Å²) in [7, 11) is -3.61. The summed E-state index contributed by atoms with van der Waals surface area (Å²) in [5.74, 6) is -0.288. The molecule has 0 radical (unpaired) electrons. The standard InChI is InChI=1S/C17H28N4O3S/c1-3-21(4-2)25(23,24)14-7-8-16(20-11-5-6-12-20)15(13-14)17(22)19-10-9-18/h7-8,13H,3-6,9-12,18H2,1-2H3,(H,19,22). The molecule has 0 spiro atoms. The lowest BCUT2D eigenvalue weighted by Gasteiger charge is -2.23. The molecule has 1 aliphatic heterocycles. The Bertz CT molecular complexity index is 696. The Morgan fingerprint density at radius 1 is 1.24 bits per heavy atom. The number of nitrogens with zero attached hydrogens (tertiary/aromatic N) is 2. The molecule has 25 heavy (non-hydrogen) atoms. The van der Waals surface area contributed by atoms with Crippen LogP contribution >= 0.6 is 0 Å². The Labute approximate surface area is 150 Å². The molecule has 0 aromatic heterocycles. The van der Waals surface area contributed by atoms with Gasteiger partial charge in [0.15, 0.2) is 0 Å². The van der Waals surface area contributed by atoms with Crippen molar-refractivity contribution in [2.24, 2.45) is 5.73 Å². The van der Waals surface area contributed by atoms with Gasteiger partial charge in [0.2, 0.25) is 10.0 Å². The third-order valence-electron chi connectivity index (χ3n) is 4.43. The van der Waals surface area contributed by atoms with Crippen LogP contribution in [-0.2, 0) is 10.0 Å². The number of amides is 1. The average Bonchev–Trinajstić information content (AvgIpc) is 3.14. The summed E-state index contributed by atoms with van der Waals surface area (Å²) in [5, 5.41) is 2.75. The Morgan fingerprint density at radius 3 is 2.44 bits per heavy atom. The number of carbonyl (C=O) groups is 1. The molecule has 2 rings (SSSR count). The van der Waals surface area contributed by atoms with Gasteiger partial charge in [-0.2, -0.15) is 4.31 Å². The topological polar surface area (TPSA) is 95.7 Å². The molecule has 0 aliphatic carbocycles. The number of rotatable bonds is 8. The van der Waals surface area contributed by atoms with Gasteiger partial charge in [0.25, 0.3) is 5.91 Å². The van der Waals surface area contributed by atoms with Crippen molar-refractivity contribution in [3.05, 3.63) is 23.8 Å². The molecule has 3 N–H and O–H groups in total. The average molecular weight is 369 g/mol. The van der Waals surface area contributed by atoms with Gasteiger partial charge in [-0.15, -0.1) is 0 Å². The molecule has 0 atom stereocenters. The van der Waals surface area contributed by atoms with Crippen molar-refractivity contribution < 1.29 is 13.2 Å². The first-order valence-corrected chi connectivity index (χ1v) is 10.3. The summed E-state index contributed by atoms with van der Waals surface area (Å²) >= 11 is 0. The first kappa shape index (κ1) is 19.7. The SMILES string of the molecule is CCN(CC)S(=O)(=O)c1ccc(N2CCCC2)c(C(=O)NCCN)c1. The monoisotopic (exact) mass is 368 g/mol. The van der Waals surface area contributed by atoms with E-state index in [1.54, 1.807) is 26.0 Å². The first-order chi connectivity index (χ1) is 12.0. The number of sulfonamides is 1. The number of nitrogens with one attached hydrogen (secondary N) is 1. The minimum Gasteiger partial charge on any atom is -0.371 e. The van der Waals surface area contributed by atoms with Crippen LogP contribution in [0.4, 0.5) is 5.69 Å². The van der Waals surface area contributed by atoms with Gasteiger partial charge in [-0.05, 0) is 31.0 Å². The number of anilines is 1. The Kier molecular flexibility index (Phi) is 6.80. The fourth-order valence-corrected chi connectivity index (χ4v) is 4.57. The first-order valence-electron chi connectivity index (χ1n) is 8.83. The molecular formula is C17H28N4O3S. The molecule has 1 saturated heterocycles. The molecule has 0 saturated carbocycles. The second-order valence-corrected chi connectivity index (χ2v) is 7.94. The molecule has 1 heterocycles. The van der Waals surface area contributed by atoms with E-state index in [-0.39, 0.29) is 10.8 Å². The van der Waals surface area contributed by atoms with Crippen LogP contribution in [0.1, 0.15) is 37.0 Å². The predicted molar refractivity (Wildman–Crippen MR) is 99.4 cm³/mol. The maximum Gasteiger partial charge on any atom is 0.253 e. The maximum absolute atomic E-state index is 12.8. The van der Waals surface area contributed by atoms with Crippen molar-refractivity contribution in [1.29, 1.82) is 0 Å². The fourth-order valence-electron chi connectivity index (χ4n) is 3.08. The van der Waals surface area contributed by atoms with Crippen molar-refractivity contribution in [2.45, 2.75) is 31.6 Å². The summed E-state index contributed by atoms with van der Waals surface area (Å²) in [4.78, 5) is 14.8. The van der Waals surface area contributed by atoms with E-state index >= 15 is 0 Å². The summed E-state index contributed by atoms with van der Waals surface area (Å²) in [6, 6.07) is 4.84. The lowest BCUT2D eigenvalue weighted by Crippen LogP contribution is -2.33. The van der Waals surface area contributed by atoms with Crippen molar-refractivity contribution >= 4 is 21.6 Å². The Morgan fingerprint density at radius 2 is 1.88 bits per heavy atom. The maximum atomic E-state index is 12.8. The van der Waals surface area contributed by atoms with Gasteiger partial charge in [0.1, 0.15) is 0 Å². The number of hydrogen-bond acceptors (Lipinski definition) is 5. The van der Waals surface area contributed by atoms with Crippen LogP contribution in [0.2, 0.25) is 0 Å². The van der Waals surface area contributed by atoms with E-state index in [9.17, 15) is 13.2 Å². The van der Waals surface area contributed by atoms with E-state index in [1.165, 1.54) is 10.4 Å². The van der Waals surface area contributed by atoms with Gasteiger partial charge >= 0.3 is 0 Å². The number of hydrogen-bond donors (Lipinski definition) is 2. The molecule has 1 aromatic carbocycles. The predicted octanol–water partition coefficient (Wildman–Crippen LogP) is 1.01. The second-order valence-electron chi connectivity index (χ2n) is 6.01. The third-order valence-corrected chi connectivity index (χ3v) is 6.48. The van der Waals surface area contributed by atoms with Gasteiger partial charge in [0, 0.05) is 45.0 Å². The molecule has 0 bridgehead atoms. The molecule has 1 fully saturated rings. The number of carbonyl (C=O) groups excluding carboxylic acids is 1. The zero-order chi connectivity index (χ0) is 18.4. The van der Waals surface area contributed by atoms with E-state index < -0.39 is 10.0 Å². The van der Waals surface area contributed by atoms with E-state index in [0.717, 1.165) is 31.6 Å². The molecule has 1 amide bonds. The normalized spacial score (nSPS) is 15.0. The number of nitrogens with two attached hydrogens (primary N) is 1. The molecule has 8 heteroatoms. The summed E-state index contributed by atoms with van der Waals surface area (Å²) in [5.41, 5.74) is 6.64. The smallest absolute Gasteiger partial charge is 0.253 e. The van der Waals surface area contributed by atoms with Crippen LogP contribution in [-0.4, -0.2) is 57.9 Å². The van der Waals surface area contributed by atoms with Gasteiger partial charge in [-0.1, -0.05) is 13.8 Å². The zero-order valence-electron chi connectivity index (χ0n) is 15.0. The Balaban J connectivity index is 2.46. The quantitative estimate of drug-likeness (QED) is 0.714. The van der Waals surface area contributed by atoms with Crippen LogP contribution in [0.15, 0.2) is 23.1 Å². The van der Waals surface area contributed by atoms with Gasteiger partial charge in [-0.3, -0.25) is 4.79 Å². The highest BCUT2D eigenvalue weighted by Crippen LogP contribution is 2.28. The summed E-state index contributed by atoms with van der Waals surface area (Å²) < 4.78 is 26.9. The number of benzene rings is 1. The lowest BCUT2D eigenvalue weighted by atomic mass is 10.1. The van der Waals surface area contributed by atoms with Gasteiger partial charge in [0.05, 0.1) is 10.5 Å². The van der Waals surface area contributed by atoms with Crippen molar-refractivity contribution in [3.63, 3.8) is 0 Å². The minimum absolute atomic E-state index is 0.150. The molecule has 140 valence electrons. The van der Waals surface area contributed by atoms with Gasteiger partial charge in [-0.25, -0.2) is 8.42 Å². The van der Waals surface area contributed by atoms with E-state index in [2.05, 4.69) is 10.2 Å². The van der Waals surface area contributed by atoms with E-state index in [1.807, 2.05) is 0 Å². The van der Waals surface area contributed by atoms with Crippen LogP contribution in [0.3, 0.4) is 0 Å². The van der Waals surface area contributed by atoms with Crippen LogP contribution in [0.5, 0.6) is 0 Å². The highest BCUT2D eigenvalue weighted by Gasteiger charge is 2.26. The molecular weight excluding hydrogens is 340 g/mol. The van der Waals surface area contributed by atoms with Crippen molar-refractivity contribution in [2.75, 3.05) is 44.2 Å². The van der Waals surface area contributed by atoms with Crippen LogP contribution in [0, 0.1) is 0 Å². The fraction of sp³-hybridized carbons (Fsp3) is 0.588. The Hall–Kier alpha value is -1.64. The molecule has 0 unspecified atom stereocenters. The van der Waals surface area contributed by atoms with Crippen molar-refractivity contribution in [3.8, 4) is 0 Å². The molecule has 7 nitrogen and oxygen atoms in total. The summed E-state index contributed by atoms with van der Waals surface area (Å²) in [6.07, 6.45) is 2.15. The van der Waals surface area contributed by atoms with Gasteiger partial charge < -0.3 is 16.0 Å². The molecule has 1 aliphatic rings. The second kappa shape index (κ2) is 8.64. The minimum atomic E-state index is -3.61. The van der Waals surface area contributed by atoms with Crippen LogP contribution in [0.25, 0.3) is 0 Å². The highest BCUT2D eigenvalue weighted by atomic mass is 32.2. The van der Waals surface area contributed by atoms with Crippen molar-refractivity contribution in [1.82, 2.24) is 9.62 Å². The largest absolute Gasteiger partial charge is 0.371 e. The van der Waals surface area contributed by atoms with E-state index in [0.29, 0.717) is 31.7 Å². The van der Waals surface area contributed by atoms with Crippen LogP contribution < -0.4 is 16.0 Å². The third kappa shape index (κ3) is 4.31. The highest BCUT2D eigenvalue weighted by molar-refractivity contribution is 7.89. The van der Waals surface area contributed by atoms with E-state index in [4.69, 9.17) is 5.73 Å².